The van der Waals surface area contributed by atoms with Crippen molar-refractivity contribution in [3.63, 3.8) is 0 Å². The van der Waals surface area contributed by atoms with Crippen molar-refractivity contribution in [2.45, 2.75) is 44.6 Å². The minimum Gasteiger partial charge on any atom is -0.323 e. The maximum Gasteiger partial charge on any atom is 0.113 e. The van der Waals surface area contributed by atoms with E-state index in [9.17, 15) is 5.26 Å². The van der Waals surface area contributed by atoms with Crippen LogP contribution in [0, 0.1) is 11.3 Å². The van der Waals surface area contributed by atoms with E-state index in [0.29, 0.717) is 5.92 Å². The summed E-state index contributed by atoms with van der Waals surface area (Å²) in [7, 11) is 0. The van der Waals surface area contributed by atoms with Crippen molar-refractivity contribution in [2.24, 2.45) is 0 Å². The molecule has 0 unspecified atom stereocenters. The number of aromatic nitrogens is 2. The molecular weight excluding hydrogens is 294 g/mol. The molecule has 1 saturated carbocycles. The van der Waals surface area contributed by atoms with Gasteiger partial charge in [0.1, 0.15) is 5.82 Å². The molecule has 4 rings (SSSR count). The van der Waals surface area contributed by atoms with Crippen LogP contribution in [0.4, 0.5) is 0 Å². The van der Waals surface area contributed by atoms with Gasteiger partial charge in [-0.25, -0.2) is 4.98 Å². The number of para-hydroxylation sites is 2. The molecule has 2 aromatic carbocycles. The average molecular weight is 315 g/mol. The summed E-state index contributed by atoms with van der Waals surface area (Å²) in [6, 6.07) is 18.6. The summed E-state index contributed by atoms with van der Waals surface area (Å²) < 4.78 is 2.33. The number of fused-ring (bicyclic) bond motifs is 1. The minimum absolute atomic E-state index is 0.542. The standard InChI is InChI=1S/C21H21N3/c22-14-17-10-4-5-11-18(17)15-24-20-13-7-6-12-19(20)23-21(24)16-8-2-1-3-9-16/h4-7,10-13,16H,1-3,8-9,15H2. The molecule has 3 aromatic rings. The van der Waals surface area contributed by atoms with E-state index in [2.05, 4.69) is 34.9 Å². The van der Waals surface area contributed by atoms with Crippen LogP contribution < -0.4 is 0 Å². The molecule has 0 radical (unpaired) electrons. The van der Waals surface area contributed by atoms with E-state index in [0.717, 1.165) is 23.2 Å². The highest BCUT2D eigenvalue weighted by Gasteiger charge is 2.22. The second kappa shape index (κ2) is 6.49. The van der Waals surface area contributed by atoms with Crippen LogP contribution in [0.5, 0.6) is 0 Å². The third-order valence-corrected chi connectivity index (χ3v) is 5.12. The van der Waals surface area contributed by atoms with Crippen molar-refractivity contribution in [2.75, 3.05) is 0 Å². The number of imidazole rings is 1. The summed E-state index contributed by atoms with van der Waals surface area (Å²) >= 11 is 0. The molecule has 0 bridgehead atoms. The Morgan fingerprint density at radius 2 is 1.75 bits per heavy atom. The first-order chi connectivity index (χ1) is 11.9. The normalized spacial score (nSPS) is 15.5. The Labute approximate surface area is 142 Å². The number of nitrogens with zero attached hydrogens (tertiary/aromatic N) is 3. The fourth-order valence-electron chi connectivity index (χ4n) is 3.87. The van der Waals surface area contributed by atoms with Gasteiger partial charge in [0.2, 0.25) is 0 Å². The Balaban J connectivity index is 1.82. The van der Waals surface area contributed by atoms with Crippen molar-refractivity contribution >= 4 is 11.0 Å². The van der Waals surface area contributed by atoms with Gasteiger partial charge in [0.15, 0.2) is 0 Å². The van der Waals surface area contributed by atoms with Gasteiger partial charge in [0.25, 0.3) is 0 Å². The molecule has 1 aromatic heterocycles. The van der Waals surface area contributed by atoms with Gasteiger partial charge in [-0.3, -0.25) is 0 Å². The van der Waals surface area contributed by atoms with Gasteiger partial charge in [0, 0.05) is 5.92 Å². The van der Waals surface area contributed by atoms with Crippen molar-refractivity contribution < 1.29 is 0 Å². The van der Waals surface area contributed by atoms with Crippen LogP contribution in [0.25, 0.3) is 11.0 Å². The Kier molecular flexibility index (Phi) is 4.04. The van der Waals surface area contributed by atoms with Gasteiger partial charge < -0.3 is 4.57 Å². The van der Waals surface area contributed by atoms with Crippen LogP contribution >= 0.6 is 0 Å². The zero-order chi connectivity index (χ0) is 16.4. The molecule has 120 valence electrons. The zero-order valence-electron chi connectivity index (χ0n) is 13.8. The van der Waals surface area contributed by atoms with E-state index in [1.54, 1.807) is 0 Å². The quantitative estimate of drug-likeness (QED) is 0.682. The fraction of sp³-hybridized carbons (Fsp3) is 0.333. The van der Waals surface area contributed by atoms with Crippen molar-refractivity contribution in [3.8, 4) is 6.07 Å². The fourth-order valence-corrected chi connectivity index (χ4v) is 3.87. The van der Waals surface area contributed by atoms with E-state index in [-0.39, 0.29) is 0 Å². The smallest absolute Gasteiger partial charge is 0.113 e. The Morgan fingerprint density at radius 1 is 1.00 bits per heavy atom. The monoisotopic (exact) mass is 315 g/mol. The van der Waals surface area contributed by atoms with E-state index in [4.69, 9.17) is 4.98 Å². The third kappa shape index (κ3) is 2.69. The lowest BCUT2D eigenvalue weighted by Gasteiger charge is -2.22. The third-order valence-electron chi connectivity index (χ3n) is 5.12. The van der Waals surface area contributed by atoms with Gasteiger partial charge in [-0.2, -0.15) is 5.26 Å². The molecule has 0 spiro atoms. The topological polar surface area (TPSA) is 41.6 Å². The minimum atomic E-state index is 0.542. The van der Waals surface area contributed by atoms with Crippen molar-refractivity contribution in [1.29, 1.82) is 5.26 Å². The number of hydrogen-bond acceptors (Lipinski definition) is 2. The number of nitriles is 1. The molecular formula is C21H21N3. The predicted octanol–water partition coefficient (Wildman–Crippen LogP) is 5.00. The number of rotatable bonds is 3. The van der Waals surface area contributed by atoms with Crippen LogP contribution in [0.15, 0.2) is 48.5 Å². The van der Waals surface area contributed by atoms with Gasteiger partial charge in [-0.1, -0.05) is 49.6 Å². The molecule has 1 aliphatic rings. The first kappa shape index (κ1) is 15.0. The van der Waals surface area contributed by atoms with E-state index in [1.807, 2.05) is 24.3 Å². The lowest BCUT2D eigenvalue weighted by atomic mass is 9.88. The molecule has 24 heavy (non-hydrogen) atoms. The Morgan fingerprint density at radius 3 is 2.58 bits per heavy atom. The lowest BCUT2D eigenvalue weighted by Crippen LogP contribution is -2.13. The molecule has 0 aliphatic heterocycles. The largest absolute Gasteiger partial charge is 0.323 e. The molecule has 1 fully saturated rings. The van der Waals surface area contributed by atoms with Gasteiger partial charge in [-0.15, -0.1) is 0 Å². The number of hydrogen-bond donors (Lipinski definition) is 0. The summed E-state index contributed by atoms with van der Waals surface area (Å²) in [6.45, 7) is 0.718. The van der Waals surface area contributed by atoms with Crippen molar-refractivity contribution in [1.82, 2.24) is 9.55 Å². The molecule has 1 heterocycles. The van der Waals surface area contributed by atoms with Crippen LogP contribution in [0.3, 0.4) is 0 Å². The molecule has 0 saturated heterocycles. The molecule has 3 nitrogen and oxygen atoms in total. The van der Waals surface area contributed by atoms with E-state index < -0.39 is 0 Å². The first-order valence-electron chi connectivity index (χ1n) is 8.80. The molecule has 0 atom stereocenters. The first-order valence-corrected chi connectivity index (χ1v) is 8.80. The highest BCUT2D eigenvalue weighted by atomic mass is 15.1. The summed E-state index contributed by atoms with van der Waals surface area (Å²) in [5.41, 5.74) is 4.06. The molecule has 1 aliphatic carbocycles. The molecule has 0 N–H and O–H groups in total. The molecule has 0 amide bonds. The summed E-state index contributed by atoms with van der Waals surface area (Å²) in [5.74, 6) is 1.74. The maximum atomic E-state index is 9.40. The Hall–Kier alpha value is -2.60. The van der Waals surface area contributed by atoms with Crippen LogP contribution in [0.1, 0.15) is 55.0 Å². The maximum absolute atomic E-state index is 9.40. The molecule has 3 heteroatoms. The summed E-state index contributed by atoms with van der Waals surface area (Å²) in [6.07, 6.45) is 6.38. The van der Waals surface area contributed by atoms with E-state index in [1.165, 1.54) is 43.4 Å². The van der Waals surface area contributed by atoms with Crippen LogP contribution in [-0.2, 0) is 6.54 Å². The van der Waals surface area contributed by atoms with Crippen LogP contribution in [-0.4, -0.2) is 9.55 Å². The van der Waals surface area contributed by atoms with E-state index >= 15 is 0 Å². The van der Waals surface area contributed by atoms with Gasteiger partial charge in [-0.05, 0) is 36.6 Å². The van der Waals surface area contributed by atoms with Gasteiger partial charge in [0.05, 0.1) is 29.2 Å². The highest BCUT2D eigenvalue weighted by molar-refractivity contribution is 5.76. The summed E-state index contributed by atoms with van der Waals surface area (Å²) in [4.78, 5) is 4.97. The lowest BCUT2D eigenvalue weighted by molar-refractivity contribution is 0.420. The average Bonchev–Trinajstić information content (AvgIpc) is 3.02. The second-order valence-electron chi connectivity index (χ2n) is 6.65. The Bertz CT molecular complexity index is 895. The summed E-state index contributed by atoms with van der Waals surface area (Å²) in [5, 5.41) is 9.40. The van der Waals surface area contributed by atoms with Gasteiger partial charge >= 0.3 is 0 Å². The highest BCUT2D eigenvalue weighted by Crippen LogP contribution is 2.34. The number of benzene rings is 2. The van der Waals surface area contributed by atoms with Crippen molar-refractivity contribution in [3.05, 3.63) is 65.5 Å². The predicted molar refractivity (Wildman–Crippen MR) is 95.8 cm³/mol. The van der Waals surface area contributed by atoms with Crippen LogP contribution in [0.2, 0.25) is 0 Å². The zero-order valence-corrected chi connectivity index (χ0v) is 13.8. The SMILES string of the molecule is N#Cc1ccccc1Cn1c(C2CCCCC2)nc2ccccc21. The second-order valence-corrected chi connectivity index (χ2v) is 6.65.